The van der Waals surface area contributed by atoms with E-state index in [4.69, 9.17) is 0 Å². The Morgan fingerprint density at radius 2 is 2.56 bits per heavy atom. The molecule has 2 nitrogen and oxygen atoms in total. The van der Waals surface area contributed by atoms with Gasteiger partial charge >= 0.3 is 0 Å². The molecule has 1 heterocycles. The van der Waals surface area contributed by atoms with E-state index in [0.717, 1.165) is 19.6 Å². The molecule has 1 fully saturated rings. The Bertz CT molecular complexity index is 68.7. The second kappa shape index (κ2) is 3.80. The summed E-state index contributed by atoms with van der Waals surface area (Å²) >= 11 is 0. The maximum absolute atomic E-state index is 11.7. The van der Waals surface area contributed by atoms with Crippen molar-refractivity contribution in [2.75, 3.05) is 26.3 Å². The Morgan fingerprint density at radius 3 is 3.11 bits per heavy atom. The monoisotopic (exact) mass is 133 g/mol. The minimum absolute atomic E-state index is 0.178. The van der Waals surface area contributed by atoms with Crippen molar-refractivity contribution in [3.05, 3.63) is 0 Å². The molecule has 1 unspecified atom stereocenters. The third-order valence-electron chi connectivity index (χ3n) is 1.71. The molecule has 0 spiro atoms. The van der Waals surface area contributed by atoms with Gasteiger partial charge in [-0.25, -0.2) is 0 Å². The Labute approximate surface area is 54.8 Å². The number of hydrogen-bond acceptors (Lipinski definition) is 1. The van der Waals surface area contributed by atoms with Crippen LogP contribution in [0.25, 0.3) is 0 Å². The van der Waals surface area contributed by atoms with Gasteiger partial charge in [0.25, 0.3) is 0 Å². The van der Waals surface area contributed by atoms with Crippen LogP contribution >= 0.6 is 0 Å². The van der Waals surface area contributed by atoms with Gasteiger partial charge in [-0.15, -0.1) is 0 Å². The van der Waals surface area contributed by atoms with Crippen LogP contribution < -0.4 is 10.6 Å². The van der Waals surface area contributed by atoms with Crippen LogP contribution in [0.1, 0.15) is 6.42 Å². The molecule has 9 heavy (non-hydrogen) atoms. The lowest BCUT2D eigenvalue weighted by Crippen LogP contribution is -2.95. The average Bonchev–Trinajstić information content (AvgIpc) is 1.91. The van der Waals surface area contributed by atoms with Gasteiger partial charge in [0.15, 0.2) is 0 Å². The van der Waals surface area contributed by atoms with Gasteiger partial charge in [-0.05, 0) is 0 Å². The number of halogens is 1. The van der Waals surface area contributed by atoms with Gasteiger partial charge in [0.2, 0.25) is 0 Å². The molecular weight excluding hydrogens is 119 g/mol. The molecule has 0 aromatic rings. The molecule has 0 aromatic carbocycles. The van der Waals surface area contributed by atoms with Gasteiger partial charge in [0, 0.05) is 19.5 Å². The minimum atomic E-state index is -0.178. The van der Waals surface area contributed by atoms with Crippen LogP contribution in [-0.2, 0) is 0 Å². The molecule has 1 atom stereocenters. The molecule has 1 aliphatic rings. The molecule has 0 aliphatic carbocycles. The Kier molecular flexibility index (Phi) is 2.94. The third kappa shape index (κ3) is 2.28. The molecule has 1 aliphatic heterocycles. The highest BCUT2D eigenvalue weighted by Gasteiger charge is 2.14. The summed E-state index contributed by atoms with van der Waals surface area (Å²) < 4.78 is 11.7. The van der Waals surface area contributed by atoms with Gasteiger partial charge in [-0.3, -0.25) is 4.39 Å². The van der Waals surface area contributed by atoms with E-state index in [1.54, 1.807) is 0 Å². The van der Waals surface area contributed by atoms with E-state index in [9.17, 15) is 4.39 Å². The fourth-order valence-corrected chi connectivity index (χ4v) is 1.15. The largest absolute Gasteiger partial charge is 0.342 e. The number of hydrogen-bond donors (Lipinski definition) is 2. The lowest BCUT2D eigenvalue weighted by molar-refractivity contribution is -0.693. The van der Waals surface area contributed by atoms with Crippen LogP contribution in [0.5, 0.6) is 0 Å². The predicted molar refractivity (Wildman–Crippen MR) is 34.0 cm³/mol. The first-order chi connectivity index (χ1) is 4.43. The highest BCUT2D eigenvalue weighted by atomic mass is 19.1. The molecular formula is C6H14FN2+. The summed E-state index contributed by atoms with van der Waals surface area (Å²) in [5.74, 6) is 0. The summed E-state index contributed by atoms with van der Waals surface area (Å²) in [6.45, 7) is 2.97. The highest BCUT2D eigenvalue weighted by Crippen LogP contribution is 1.86. The Hall–Kier alpha value is -0.150. The first kappa shape index (κ1) is 6.96. The van der Waals surface area contributed by atoms with Crippen molar-refractivity contribution in [1.29, 1.82) is 0 Å². The topological polar surface area (TPSA) is 28.6 Å². The molecule has 1 saturated heterocycles. The maximum Gasteiger partial charge on any atom is 0.101 e. The molecule has 1 rings (SSSR count). The van der Waals surface area contributed by atoms with Crippen LogP contribution in [0.3, 0.4) is 0 Å². The number of alkyl halides is 1. The van der Waals surface area contributed by atoms with E-state index < -0.39 is 0 Å². The van der Waals surface area contributed by atoms with Crippen LogP contribution in [0.4, 0.5) is 4.39 Å². The zero-order chi connectivity index (χ0) is 6.53. The molecule has 3 heteroatoms. The van der Waals surface area contributed by atoms with Gasteiger partial charge < -0.3 is 10.6 Å². The quantitative estimate of drug-likeness (QED) is 0.491. The summed E-state index contributed by atoms with van der Waals surface area (Å²) in [7, 11) is 0. The normalized spacial score (nSPS) is 28.3. The lowest BCUT2D eigenvalue weighted by Gasteiger charge is -2.19. The van der Waals surface area contributed by atoms with E-state index in [1.165, 1.54) is 0 Å². The summed E-state index contributed by atoms with van der Waals surface area (Å²) in [5.41, 5.74) is 0. The highest BCUT2D eigenvalue weighted by molar-refractivity contribution is 4.61. The minimum Gasteiger partial charge on any atom is -0.342 e. The van der Waals surface area contributed by atoms with Crippen LogP contribution in [0.2, 0.25) is 0 Å². The smallest absolute Gasteiger partial charge is 0.101 e. The Balaban J connectivity index is 2.08. The molecule has 0 saturated carbocycles. The average molecular weight is 133 g/mol. The predicted octanol–water partition coefficient (Wildman–Crippen LogP) is -1.12. The number of quaternary nitrogens is 1. The second-order valence-corrected chi connectivity index (χ2v) is 2.47. The zero-order valence-electron chi connectivity index (χ0n) is 5.57. The van der Waals surface area contributed by atoms with Crippen molar-refractivity contribution in [3.8, 4) is 0 Å². The van der Waals surface area contributed by atoms with Crippen LogP contribution in [-0.4, -0.2) is 32.4 Å². The van der Waals surface area contributed by atoms with E-state index in [0.29, 0.717) is 12.5 Å². The fourth-order valence-electron chi connectivity index (χ4n) is 1.15. The van der Waals surface area contributed by atoms with Crippen molar-refractivity contribution in [2.24, 2.45) is 0 Å². The van der Waals surface area contributed by atoms with Crippen molar-refractivity contribution in [1.82, 2.24) is 5.32 Å². The number of nitrogens with two attached hydrogens (primary N) is 1. The number of piperazine rings is 1. The Morgan fingerprint density at radius 1 is 1.67 bits per heavy atom. The zero-order valence-corrected chi connectivity index (χ0v) is 5.57. The summed E-state index contributed by atoms with van der Waals surface area (Å²) in [6, 6.07) is 0.490. The standard InChI is InChI=1S/C6H13FN2/c7-2-1-6-5-8-3-4-9-6/h6,8-9H,1-5H2/p+1. The third-order valence-corrected chi connectivity index (χ3v) is 1.71. The first-order valence-corrected chi connectivity index (χ1v) is 3.53. The molecule has 0 amide bonds. The van der Waals surface area contributed by atoms with E-state index in [-0.39, 0.29) is 6.67 Å². The van der Waals surface area contributed by atoms with Crippen LogP contribution in [0, 0.1) is 0 Å². The van der Waals surface area contributed by atoms with Crippen LogP contribution in [0.15, 0.2) is 0 Å². The van der Waals surface area contributed by atoms with Crippen molar-refractivity contribution in [2.45, 2.75) is 12.5 Å². The summed E-state index contributed by atoms with van der Waals surface area (Å²) in [4.78, 5) is 0. The molecule has 0 radical (unpaired) electrons. The molecule has 54 valence electrons. The van der Waals surface area contributed by atoms with Gasteiger partial charge in [0.1, 0.15) is 6.04 Å². The maximum atomic E-state index is 11.7. The second-order valence-electron chi connectivity index (χ2n) is 2.47. The SMILES string of the molecule is FCCC1CNCC[NH2+]1. The van der Waals surface area contributed by atoms with Crippen molar-refractivity contribution >= 4 is 0 Å². The number of nitrogens with one attached hydrogen (secondary N) is 1. The fraction of sp³-hybridized carbons (Fsp3) is 1.00. The van der Waals surface area contributed by atoms with Crippen molar-refractivity contribution < 1.29 is 9.71 Å². The van der Waals surface area contributed by atoms with E-state index >= 15 is 0 Å². The van der Waals surface area contributed by atoms with Crippen molar-refractivity contribution in [3.63, 3.8) is 0 Å². The molecule has 0 aromatic heterocycles. The van der Waals surface area contributed by atoms with Gasteiger partial charge in [-0.2, -0.15) is 0 Å². The first-order valence-electron chi connectivity index (χ1n) is 3.53. The van der Waals surface area contributed by atoms with E-state index in [1.807, 2.05) is 0 Å². The molecule has 0 bridgehead atoms. The summed E-state index contributed by atoms with van der Waals surface area (Å²) in [6.07, 6.45) is 0.701. The van der Waals surface area contributed by atoms with Gasteiger partial charge in [-0.1, -0.05) is 0 Å². The lowest BCUT2D eigenvalue weighted by atomic mass is 10.2. The van der Waals surface area contributed by atoms with E-state index in [2.05, 4.69) is 10.6 Å². The molecule has 3 N–H and O–H groups in total. The van der Waals surface area contributed by atoms with Gasteiger partial charge in [0.05, 0.1) is 13.2 Å². The summed E-state index contributed by atoms with van der Waals surface area (Å²) in [5, 5.41) is 5.44. The number of rotatable bonds is 2.